The monoisotopic (exact) mass is 372 g/mol. The van der Waals surface area contributed by atoms with Gasteiger partial charge in [0.05, 0.1) is 12.7 Å². The molecule has 1 aliphatic heterocycles. The number of ether oxygens (including phenoxy) is 1. The number of piperazine rings is 1. The molecule has 1 aromatic rings. The number of aryl methyl sites for hydroxylation is 1. The first-order valence-corrected chi connectivity index (χ1v) is 9.99. The van der Waals surface area contributed by atoms with Crippen LogP contribution in [0.15, 0.2) is 12.1 Å². The van der Waals surface area contributed by atoms with Gasteiger partial charge in [-0.15, -0.1) is 0 Å². The Hall–Kier alpha value is -2.04. The SMILES string of the molecule is COc1c(C(=O)N2CCN(C(=O)C3CCC3)CC2)cc(C)cc1C(C)(C)C. The van der Waals surface area contributed by atoms with E-state index >= 15 is 0 Å². The average molecular weight is 373 g/mol. The largest absolute Gasteiger partial charge is 0.496 e. The van der Waals surface area contributed by atoms with Crippen molar-refractivity contribution >= 4 is 11.8 Å². The van der Waals surface area contributed by atoms with Crippen LogP contribution in [0.25, 0.3) is 0 Å². The van der Waals surface area contributed by atoms with Crippen LogP contribution >= 0.6 is 0 Å². The Kier molecular flexibility index (Phi) is 5.50. The van der Waals surface area contributed by atoms with Crippen LogP contribution in [0.4, 0.5) is 0 Å². The summed E-state index contributed by atoms with van der Waals surface area (Å²) >= 11 is 0. The number of hydrogen-bond acceptors (Lipinski definition) is 3. The minimum absolute atomic E-state index is 0.00297. The number of amides is 2. The van der Waals surface area contributed by atoms with E-state index in [2.05, 4.69) is 26.8 Å². The molecule has 1 saturated heterocycles. The van der Waals surface area contributed by atoms with Gasteiger partial charge in [0.15, 0.2) is 0 Å². The lowest BCUT2D eigenvalue weighted by Gasteiger charge is -2.38. The van der Waals surface area contributed by atoms with E-state index in [4.69, 9.17) is 4.74 Å². The van der Waals surface area contributed by atoms with Gasteiger partial charge in [0.25, 0.3) is 5.91 Å². The fourth-order valence-corrected chi connectivity index (χ4v) is 3.92. The summed E-state index contributed by atoms with van der Waals surface area (Å²) in [5.74, 6) is 1.16. The maximum Gasteiger partial charge on any atom is 0.257 e. The third-order valence-corrected chi connectivity index (χ3v) is 5.81. The fraction of sp³-hybridized carbons (Fsp3) is 0.636. The molecule has 1 aliphatic carbocycles. The molecule has 0 aromatic heterocycles. The van der Waals surface area contributed by atoms with Crippen molar-refractivity contribution in [3.63, 3.8) is 0 Å². The molecule has 0 unspecified atom stereocenters. The molecule has 5 nitrogen and oxygen atoms in total. The summed E-state index contributed by atoms with van der Waals surface area (Å²) in [6.45, 7) is 10.8. The summed E-state index contributed by atoms with van der Waals surface area (Å²) in [5, 5.41) is 0. The zero-order chi connectivity index (χ0) is 19.8. The first-order valence-electron chi connectivity index (χ1n) is 9.99. The van der Waals surface area contributed by atoms with Crippen molar-refractivity contribution in [1.82, 2.24) is 9.80 Å². The topological polar surface area (TPSA) is 49.9 Å². The van der Waals surface area contributed by atoms with Crippen molar-refractivity contribution in [3.05, 3.63) is 28.8 Å². The Balaban J connectivity index is 1.76. The highest BCUT2D eigenvalue weighted by Crippen LogP contribution is 2.36. The first-order chi connectivity index (χ1) is 12.7. The van der Waals surface area contributed by atoms with Crippen LogP contribution in [0.3, 0.4) is 0 Å². The quantitative estimate of drug-likeness (QED) is 0.817. The number of methoxy groups -OCH3 is 1. The Morgan fingerprint density at radius 3 is 2.11 bits per heavy atom. The second-order valence-corrected chi connectivity index (χ2v) is 8.89. The maximum atomic E-state index is 13.2. The van der Waals surface area contributed by atoms with Crippen molar-refractivity contribution in [1.29, 1.82) is 0 Å². The van der Waals surface area contributed by atoms with Crippen molar-refractivity contribution < 1.29 is 14.3 Å². The van der Waals surface area contributed by atoms with E-state index in [1.807, 2.05) is 22.8 Å². The number of benzene rings is 1. The molecule has 1 aromatic carbocycles. The van der Waals surface area contributed by atoms with Crippen molar-refractivity contribution in [2.24, 2.45) is 5.92 Å². The second kappa shape index (κ2) is 7.53. The number of nitrogens with zero attached hydrogens (tertiary/aromatic N) is 2. The highest BCUT2D eigenvalue weighted by molar-refractivity contribution is 5.98. The van der Waals surface area contributed by atoms with Crippen LogP contribution in [0.2, 0.25) is 0 Å². The first kappa shape index (κ1) is 19.7. The molecule has 5 heteroatoms. The van der Waals surface area contributed by atoms with Gasteiger partial charge >= 0.3 is 0 Å². The molecule has 1 heterocycles. The van der Waals surface area contributed by atoms with Crippen LogP contribution in [0.1, 0.15) is 61.5 Å². The predicted molar refractivity (Wildman–Crippen MR) is 106 cm³/mol. The Bertz CT molecular complexity index is 724. The molecule has 0 radical (unpaired) electrons. The number of carbonyl (C=O) groups excluding carboxylic acids is 2. The standard InChI is InChI=1S/C22H32N2O3/c1-15-13-17(19(27-5)18(14-15)22(2,3)4)21(26)24-11-9-23(10-12-24)20(25)16-7-6-8-16/h13-14,16H,6-12H2,1-5H3. The van der Waals surface area contributed by atoms with Gasteiger partial charge in [0.1, 0.15) is 5.75 Å². The van der Waals surface area contributed by atoms with Gasteiger partial charge in [0, 0.05) is 37.7 Å². The highest BCUT2D eigenvalue weighted by Gasteiger charge is 2.33. The van der Waals surface area contributed by atoms with Crippen molar-refractivity contribution in [3.8, 4) is 5.75 Å². The van der Waals surface area contributed by atoms with Gasteiger partial charge < -0.3 is 14.5 Å². The molecule has 148 valence electrons. The summed E-state index contributed by atoms with van der Waals surface area (Å²) in [6.07, 6.45) is 3.21. The smallest absolute Gasteiger partial charge is 0.257 e. The summed E-state index contributed by atoms with van der Waals surface area (Å²) < 4.78 is 5.67. The van der Waals surface area contributed by atoms with Crippen LogP contribution in [-0.2, 0) is 10.2 Å². The Labute approximate surface area is 162 Å². The van der Waals surface area contributed by atoms with Gasteiger partial charge in [-0.2, -0.15) is 0 Å². The van der Waals surface area contributed by atoms with Crippen molar-refractivity contribution in [2.45, 2.75) is 52.4 Å². The Morgan fingerprint density at radius 1 is 1.04 bits per heavy atom. The molecule has 27 heavy (non-hydrogen) atoms. The molecule has 1 saturated carbocycles. The van der Waals surface area contributed by atoms with Crippen LogP contribution < -0.4 is 4.74 Å². The third-order valence-electron chi connectivity index (χ3n) is 5.81. The van der Waals surface area contributed by atoms with Gasteiger partial charge in [-0.3, -0.25) is 9.59 Å². The molecular weight excluding hydrogens is 340 g/mol. The molecule has 2 amide bonds. The molecule has 0 N–H and O–H groups in total. The van der Waals surface area contributed by atoms with E-state index < -0.39 is 0 Å². The lowest BCUT2D eigenvalue weighted by atomic mass is 9.83. The highest BCUT2D eigenvalue weighted by atomic mass is 16.5. The van der Waals surface area contributed by atoms with E-state index in [0.29, 0.717) is 37.5 Å². The lowest BCUT2D eigenvalue weighted by Crippen LogP contribution is -2.52. The summed E-state index contributed by atoms with van der Waals surface area (Å²) in [7, 11) is 1.63. The molecule has 2 aliphatic rings. The van der Waals surface area contributed by atoms with E-state index in [-0.39, 0.29) is 23.1 Å². The average Bonchev–Trinajstić information content (AvgIpc) is 2.58. The van der Waals surface area contributed by atoms with Gasteiger partial charge in [-0.05, 0) is 36.8 Å². The molecular formula is C22H32N2O3. The van der Waals surface area contributed by atoms with Gasteiger partial charge in [0.2, 0.25) is 5.91 Å². The molecule has 0 bridgehead atoms. The third kappa shape index (κ3) is 3.97. The van der Waals surface area contributed by atoms with E-state index in [0.717, 1.165) is 30.4 Å². The number of hydrogen-bond donors (Lipinski definition) is 0. The minimum atomic E-state index is -0.111. The zero-order valence-corrected chi connectivity index (χ0v) is 17.3. The number of carbonyl (C=O) groups is 2. The molecule has 0 spiro atoms. The van der Waals surface area contributed by atoms with Gasteiger partial charge in [-0.25, -0.2) is 0 Å². The summed E-state index contributed by atoms with van der Waals surface area (Å²) in [5.41, 5.74) is 2.62. The summed E-state index contributed by atoms with van der Waals surface area (Å²) in [6, 6.07) is 4.02. The fourth-order valence-electron chi connectivity index (χ4n) is 3.92. The van der Waals surface area contributed by atoms with Gasteiger partial charge in [-0.1, -0.05) is 33.3 Å². The van der Waals surface area contributed by atoms with E-state index in [1.54, 1.807) is 7.11 Å². The lowest BCUT2D eigenvalue weighted by molar-refractivity contribution is -0.139. The molecule has 3 rings (SSSR count). The molecule has 0 atom stereocenters. The number of rotatable bonds is 3. The van der Waals surface area contributed by atoms with E-state index in [9.17, 15) is 9.59 Å². The normalized spacial score (nSPS) is 18.3. The van der Waals surface area contributed by atoms with Crippen LogP contribution in [-0.4, -0.2) is 54.9 Å². The minimum Gasteiger partial charge on any atom is -0.496 e. The van der Waals surface area contributed by atoms with Crippen LogP contribution in [0, 0.1) is 12.8 Å². The Morgan fingerprint density at radius 2 is 1.63 bits per heavy atom. The van der Waals surface area contributed by atoms with E-state index in [1.165, 1.54) is 0 Å². The molecule has 2 fully saturated rings. The predicted octanol–water partition coefficient (Wildman–Crippen LogP) is 3.39. The maximum absolute atomic E-state index is 13.2. The zero-order valence-electron chi connectivity index (χ0n) is 17.3. The van der Waals surface area contributed by atoms with Crippen molar-refractivity contribution in [2.75, 3.05) is 33.3 Å². The second-order valence-electron chi connectivity index (χ2n) is 8.89. The van der Waals surface area contributed by atoms with Crippen LogP contribution in [0.5, 0.6) is 5.75 Å². The summed E-state index contributed by atoms with van der Waals surface area (Å²) in [4.78, 5) is 29.4.